The minimum atomic E-state index is -5.02. The molecule has 1 heterocycles. The predicted octanol–water partition coefficient (Wildman–Crippen LogP) is 8.24. The SMILES string of the molecule is CC(C)c1ccccc1Oc1c(C(F)(F)F)oc2cc(OC(=O)c3ccc(C(C)(C)C)cc3)ccc2c1=O. The van der Waals surface area contributed by atoms with E-state index in [9.17, 15) is 22.8 Å². The van der Waals surface area contributed by atoms with E-state index in [0.29, 0.717) is 5.56 Å². The molecule has 0 fully saturated rings. The summed E-state index contributed by atoms with van der Waals surface area (Å²) in [6.45, 7) is 9.84. The largest absolute Gasteiger partial charge is 0.453 e. The Morgan fingerprint density at radius 1 is 0.921 bits per heavy atom. The lowest BCUT2D eigenvalue weighted by Gasteiger charge is -2.19. The van der Waals surface area contributed by atoms with Crippen molar-refractivity contribution in [3.05, 3.63) is 99.4 Å². The van der Waals surface area contributed by atoms with E-state index in [1.54, 1.807) is 30.3 Å². The molecule has 0 amide bonds. The zero-order valence-corrected chi connectivity index (χ0v) is 21.6. The molecule has 0 atom stereocenters. The molecule has 1 aromatic heterocycles. The quantitative estimate of drug-likeness (QED) is 0.194. The Hall–Kier alpha value is -4.07. The van der Waals surface area contributed by atoms with Gasteiger partial charge in [-0.2, -0.15) is 13.2 Å². The van der Waals surface area contributed by atoms with E-state index in [-0.39, 0.29) is 39.4 Å². The highest BCUT2D eigenvalue weighted by Crippen LogP contribution is 2.40. The summed E-state index contributed by atoms with van der Waals surface area (Å²) < 4.78 is 58.0. The van der Waals surface area contributed by atoms with Gasteiger partial charge in [0.25, 0.3) is 5.76 Å². The lowest BCUT2D eigenvalue weighted by atomic mass is 9.87. The van der Waals surface area contributed by atoms with Gasteiger partial charge in [0.1, 0.15) is 17.1 Å². The van der Waals surface area contributed by atoms with Gasteiger partial charge in [0.15, 0.2) is 0 Å². The third-order valence-corrected chi connectivity index (χ3v) is 6.03. The summed E-state index contributed by atoms with van der Waals surface area (Å²) in [6.07, 6.45) is -5.02. The summed E-state index contributed by atoms with van der Waals surface area (Å²) >= 11 is 0. The number of ether oxygens (including phenoxy) is 2. The Kier molecular flexibility index (Phi) is 7.10. The molecule has 0 bridgehead atoms. The van der Waals surface area contributed by atoms with E-state index >= 15 is 0 Å². The second kappa shape index (κ2) is 10.0. The van der Waals surface area contributed by atoms with Crippen LogP contribution in [0.4, 0.5) is 13.2 Å². The van der Waals surface area contributed by atoms with E-state index < -0.39 is 29.1 Å². The lowest BCUT2D eigenvalue weighted by molar-refractivity contribution is -0.154. The van der Waals surface area contributed by atoms with Crippen LogP contribution in [0.2, 0.25) is 0 Å². The van der Waals surface area contributed by atoms with E-state index in [1.807, 2.05) is 46.8 Å². The van der Waals surface area contributed by atoms with Gasteiger partial charge >= 0.3 is 12.1 Å². The van der Waals surface area contributed by atoms with Gasteiger partial charge in [-0.05, 0) is 52.8 Å². The standard InChI is InChI=1S/C30H27F3O5/c1-17(2)21-8-6-7-9-23(21)37-26-25(34)22-15-14-20(16-24(22)38-27(26)30(31,32)33)36-28(35)18-10-12-19(13-11-18)29(3,4)5/h6-17H,1-5H3. The Labute approximate surface area is 217 Å². The Bertz CT molecular complexity index is 1540. The maximum Gasteiger partial charge on any atom is 0.453 e. The molecule has 0 aliphatic carbocycles. The van der Waals surface area contributed by atoms with Crippen LogP contribution in [0.1, 0.15) is 67.8 Å². The Balaban J connectivity index is 1.71. The number of halogens is 3. The number of rotatable bonds is 5. The molecule has 3 aromatic carbocycles. The minimum Gasteiger partial charge on any atom is -0.449 e. The first kappa shape index (κ1) is 27.0. The van der Waals surface area contributed by atoms with Crippen LogP contribution in [0.15, 0.2) is 75.9 Å². The molecule has 38 heavy (non-hydrogen) atoms. The lowest BCUT2D eigenvalue weighted by Crippen LogP contribution is -2.16. The predicted molar refractivity (Wildman–Crippen MR) is 138 cm³/mol. The first-order valence-electron chi connectivity index (χ1n) is 12.0. The topological polar surface area (TPSA) is 65.7 Å². The van der Waals surface area contributed by atoms with Crippen molar-refractivity contribution in [1.29, 1.82) is 0 Å². The normalized spacial score (nSPS) is 12.1. The second-order valence-corrected chi connectivity index (χ2v) is 10.3. The van der Waals surface area contributed by atoms with Gasteiger partial charge in [-0.25, -0.2) is 4.79 Å². The second-order valence-electron chi connectivity index (χ2n) is 10.3. The summed E-state index contributed by atoms with van der Waals surface area (Å²) in [7, 11) is 0. The van der Waals surface area contributed by atoms with Gasteiger partial charge in [0, 0.05) is 6.07 Å². The number of hydrogen-bond donors (Lipinski definition) is 0. The summed E-state index contributed by atoms with van der Waals surface area (Å²) in [5.41, 5.74) is 0.442. The number of hydrogen-bond acceptors (Lipinski definition) is 5. The van der Waals surface area contributed by atoms with Gasteiger partial charge in [-0.3, -0.25) is 4.79 Å². The molecule has 4 rings (SSSR count). The molecule has 0 saturated carbocycles. The van der Waals surface area contributed by atoms with E-state index in [2.05, 4.69) is 0 Å². The fourth-order valence-corrected chi connectivity index (χ4v) is 3.93. The van der Waals surface area contributed by atoms with Crippen LogP contribution in [0.3, 0.4) is 0 Å². The van der Waals surface area contributed by atoms with Crippen molar-refractivity contribution in [2.24, 2.45) is 0 Å². The molecule has 0 aliphatic rings. The molecule has 8 heteroatoms. The monoisotopic (exact) mass is 524 g/mol. The van der Waals surface area contributed by atoms with Crippen LogP contribution in [0, 0.1) is 0 Å². The zero-order chi connectivity index (χ0) is 27.8. The average Bonchev–Trinajstić information content (AvgIpc) is 2.84. The fraction of sp³-hybridized carbons (Fsp3) is 0.267. The number of carbonyl (C=O) groups is 1. The van der Waals surface area contributed by atoms with E-state index in [0.717, 1.165) is 11.6 Å². The Morgan fingerprint density at radius 2 is 1.58 bits per heavy atom. The van der Waals surface area contributed by atoms with Crippen molar-refractivity contribution in [3.63, 3.8) is 0 Å². The van der Waals surface area contributed by atoms with Crippen LogP contribution in [0.25, 0.3) is 11.0 Å². The first-order valence-corrected chi connectivity index (χ1v) is 12.0. The molecule has 198 valence electrons. The smallest absolute Gasteiger partial charge is 0.449 e. The summed E-state index contributed by atoms with van der Waals surface area (Å²) in [5, 5.41) is -0.149. The third kappa shape index (κ3) is 5.59. The molecule has 0 aliphatic heterocycles. The third-order valence-electron chi connectivity index (χ3n) is 6.03. The highest BCUT2D eigenvalue weighted by Gasteiger charge is 2.40. The first-order chi connectivity index (χ1) is 17.8. The van der Waals surface area contributed by atoms with Crippen LogP contribution >= 0.6 is 0 Å². The number of para-hydroxylation sites is 1. The molecule has 0 radical (unpaired) electrons. The molecule has 0 spiro atoms. The molecule has 0 N–H and O–H groups in total. The van der Waals surface area contributed by atoms with Crippen molar-refractivity contribution >= 4 is 16.9 Å². The molecule has 5 nitrogen and oxygen atoms in total. The van der Waals surface area contributed by atoms with Crippen molar-refractivity contribution in [2.75, 3.05) is 0 Å². The number of benzene rings is 3. The Morgan fingerprint density at radius 3 is 2.18 bits per heavy atom. The van der Waals surface area contributed by atoms with Gasteiger partial charge < -0.3 is 13.9 Å². The summed E-state index contributed by atoms with van der Waals surface area (Å²) in [5.74, 6) is -3.24. The van der Waals surface area contributed by atoms with Crippen LogP contribution < -0.4 is 14.9 Å². The van der Waals surface area contributed by atoms with Crippen LogP contribution in [-0.4, -0.2) is 5.97 Å². The van der Waals surface area contributed by atoms with Crippen molar-refractivity contribution < 1.29 is 31.9 Å². The summed E-state index contributed by atoms with van der Waals surface area (Å²) in [4.78, 5) is 25.8. The van der Waals surface area contributed by atoms with Gasteiger partial charge in [-0.15, -0.1) is 0 Å². The highest BCUT2D eigenvalue weighted by atomic mass is 19.4. The number of fused-ring (bicyclic) bond motifs is 1. The van der Waals surface area contributed by atoms with E-state index in [1.165, 1.54) is 18.2 Å². The average molecular weight is 525 g/mol. The van der Waals surface area contributed by atoms with Gasteiger partial charge in [-0.1, -0.05) is 65.0 Å². The van der Waals surface area contributed by atoms with Crippen molar-refractivity contribution in [3.8, 4) is 17.2 Å². The summed E-state index contributed by atoms with van der Waals surface area (Å²) in [6, 6.07) is 17.0. The van der Waals surface area contributed by atoms with Crippen molar-refractivity contribution in [1.82, 2.24) is 0 Å². The van der Waals surface area contributed by atoms with E-state index in [4.69, 9.17) is 13.9 Å². The van der Waals surface area contributed by atoms with Gasteiger partial charge in [0.05, 0.1) is 10.9 Å². The molecular weight excluding hydrogens is 497 g/mol. The number of alkyl halides is 3. The molecule has 0 unspecified atom stereocenters. The highest BCUT2D eigenvalue weighted by molar-refractivity contribution is 5.91. The molecular formula is C30H27F3O5. The maximum atomic E-state index is 14.0. The fourth-order valence-electron chi connectivity index (χ4n) is 3.93. The van der Waals surface area contributed by atoms with Gasteiger partial charge in [0.2, 0.25) is 11.2 Å². The van der Waals surface area contributed by atoms with Crippen LogP contribution in [0.5, 0.6) is 17.2 Å². The van der Waals surface area contributed by atoms with Crippen LogP contribution in [-0.2, 0) is 11.6 Å². The van der Waals surface area contributed by atoms with Crippen molar-refractivity contribution in [2.45, 2.75) is 52.1 Å². The molecule has 4 aromatic rings. The number of carbonyl (C=O) groups excluding carboxylic acids is 1. The molecule has 0 saturated heterocycles. The zero-order valence-electron chi connectivity index (χ0n) is 21.6. The minimum absolute atomic E-state index is 0.0602. The maximum absolute atomic E-state index is 14.0. The number of esters is 1.